The molecule has 0 saturated carbocycles. The molecule has 2 aliphatic rings. The molecular formula is C13H21N3O4. The molecular weight excluding hydrogens is 262 g/mol. The van der Waals surface area contributed by atoms with Crippen LogP contribution in [-0.4, -0.2) is 53.1 Å². The van der Waals surface area contributed by atoms with Gasteiger partial charge in [-0.2, -0.15) is 0 Å². The highest BCUT2D eigenvalue weighted by Gasteiger charge is 2.33. The fraction of sp³-hybridized carbons (Fsp3) is 0.769. The number of hydrogen-bond acceptors (Lipinski definition) is 3. The molecule has 2 aliphatic heterocycles. The van der Waals surface area contributed by atoms with E-state index in [0.29, 0.717) is 38.8 Å². The number of urea groups is 1. The molecule has 3 N–H and O–H groups in total. The largest absolute Gasteiger partial charge is 0.481 e. The molecule has 2 heterocycles. The molecule has 2 fully saturated rings. The number of carbonyl (C=O) groups is 3. The summed E-state index contributed by atoms with van der Waals surface area (Å²) >= 11 is 0. The Balaban J connectivity index is 1.84. The van der Waals surface area contributed by atoms with Crippen LogP contribution in [-0.2, 0) is 9.59 Å². The molecule has 0 aliphatic carbocycles. The number of rotatable bonds is 2. The summed E-state index contributed by atoms with van der Waals surface area (Å²) in [4.78, 5) is 35.9. The van der Waals surface area contributed by atoms with Crippen LogP contribution in [0.5, 0.6) is 0 Å². The second-order valence-corrected chi connectivity index (χ2v) is 5.59. The average Bonchev–Trinajstić information content (AvgIpc) is 2.41. The topological polar surface area (TPSA) is 98.7 Å². The Hall–Kier alpha value is -1.79. The standard InChI is InChI=1S/C13H21N3O4/c1-8-6-9(12(18)19)4-5-16(8)13(20)15-10-2-3-11(17)14-7-10/h8-10H,2-7H2,1H3,(H,14,17)(H,15,20)(H,18,19). The first-order chi connectivity index (χ1) is 9.47. The lowest BCUT2D eigenvalue weighted by molar-refractivity contribution is -0.143. The Morgan fingerprint density at radius 3 is 2.70 bits per heavy atom. The van der Waals surface area contributed by atoms with Crippen LogP contribution in [0.2, 0.25) is 0 Å². The number of piperidine rings is 2. The van der Waals surface area contributed by atoms with Gasteiger partial charge in [-0.15, -0.1) is 0 Å². The van der Waals surface area contributed by atoms with E-state index in [2.05, 4.69) is 10.6 Å². The minimum atomic E-state index is -0.785. The minimum absolute atomic E-state index is 0.0196. The molecule has 0 radical (unpaired) electrons. The summed E-state index contributed by atoms with van der Waals surface area (Å²) in [5.41, 5.74) is 0. The van der Waals surface area contributed by atoms with Gasteiger partial charge in [0.1, 0.15) is 0 Å². The zero-order valence-electron chi connectivity index (χ0n) is 11.6. The van der Waals surface area contributed by atoms with Gasteiger partial charge in [-0.25, -0.2) is 4.79 Å². The molecule has 2 rings (SSSR count). The number of nitrogens with zero attached hydrogens (tertiary/aromatic N) is 1. The summed E-state index contributed by atoms with van der Waals surface area (Å²) in [5, 5.41) is 14.6. The fourth-order valence-electron chi connectivity index (χ4n) is 2.81. The Morgan fingerprint density at radius 1 is 1.40 bits per heavy atom. The van der Waals surface area contributed by atoms with Crippen LogP contribution in [0.15, 0.2) is 0 Å². The number of amides is 3. The number of aliphatic carboxylic acids is 1. The van der Waals surface area contributed by atoms with E-state index < -0.39 is 5.97 Å². The van der Waals surface area contributed by atoms with Crippen molar-refractivity contribution >= 4 is 17.9 Å². The summed E-state index contributed by atoms with van der Waals surface area (Å²) in [7, 11) is 0. The van der Waals surface area contributed by atoms with Crippen molar-refractivity contribution in [3.8, 4) is 0 Å². The summed E-state index contributed by atoms with van der Waals surface area (Å²) in [6.07, 6.45) is 2.07. The van der Waals surface area contributed by atoms with E-state index in [1.165, 1.54) is 0 Å². The van der Waals surface area contributed by atoms with Crippen LogP contribution in [0.25, 0.3) is 0 Å². The van der Waals surface area contributed by atoms with Crippen LogP contribution < -0.4 is 10.6 Å². The smallest absolute Gasteiger partial charge is 0.317 e. The Morgan fingerprint density at radius 2 is 2.15 bits per heavy atom. The van der Waals surface area contributed by atoms with E-state index in [1.54, 1.807) is 4.90 Å². The average molecular weight is 283 g/mol. The number of nitrogens with one attached hydrogen (secondary N) is 2. The Kier molecular flexibility index (Phi) is 4.46. The van der Waals surface area contributed by atoms with Crippen molar-refractivity contribution in [3.05, 3.63) is 0 Å². The van der Waals surface area contributed by atoms with Gasteiger partial charge in [-0.1, -0.05) is 0 Å². The molecule has 2 saturated heterocycles. The summed E-state index contributed by atoms with van der Waals surface area (Å²) in [5.74, 6) is -1.12. The quantitative estimate of drug-likeness (QED) is 0.672. The van der Waals surface area contributed by atoms with Crippen molar-refractivity contribution in [2.75, 3.05) is 13.1 Å². The van der Waals surface area contributed by atoms with Crippen molar-refractivity contribution in [3.63, 3.8) is 0 Å². The van der Waals surface area contributed by atoms with Gasteiger partial charge in [-0.3, -0.25) is 9.59 Å². The summed E-state index contributed by atoms with van der Waals surface area (Å²) in [6, 6.07) is -0.282. The molecule has 0 aromatic heterocycles. The maximum Gasteiger partial charge on any atom is 0.317 e. The molecule has 7 nitrogen and oxygen atoms in total. The first-order valence-electron chi connectivity index (χ1n) is 7.04. The van der Waals surface area contributed by atoms with Crippen molar-refractivity contribution in [1.29, 1.82) is 0 Å². The second kappa shape index (κ2) is 6.11. The Labute approximate surface area is 117 Å². The predicted octanol–water partition coefficient (Wildman–Crippen LogP) is 0.160. The molecule has 0 aromatic carbocycles. The van der Waals surface area contributed by atoms with E-state index >= 15 is 0 Å². The van der Waals surface area contributed by atoms with Crippen molar-refractivity contribution in [2.24, 2.45) is 5.92 Å². The number of hydrogen-bond donors (Lipinski definition) is 3. The lowest BCUT2D eigenvalue weighted by Crippen LogP contribution is -2.55. The lowest BCUT2D eigenvalue weighted by Gasteiger charge is -2.37. The van der Waals surface area contributed by atoms with E-state index in [4.69, 9.17) is 5.11 Å². The van der Waals surface area contributed by atoms with Crippen LogP contribution >= 0.6 is 0 Å². The first kappa shape index (κ1) is 14.6. The molecule has 20 heavy (non-hydrogen) atoms. The maximum absolute atomic E-state index is 12.2. The normalized spacial score (nSPS) is 30.6. The predicted molar refractivity (Wildman–Crippen MR) is 71.1 cm³/mol. The summed E-state index contributed by atoms with van der Waals surface area (Å²) < 4.78 is 0. The third kappa shape index (κ3) is 3.40. The van der Waals surface area contributed by atoms with E-state index in [1.807, 2.05) is 6.92 Å². The lowest BCUT2D eigenvalue weighted by atomic mass is 9.92. The van der Waals surface area contributed by atoms with Gasteiger partial charge in [-0.05, 0) is 26.2 Å². The third-order valence-corrected chi connectivity index (χ3v) is 4.08. The molecule has 3 amide bonds. The van der Waals surface area contributed by atoms with Crippen molar-refractivity contribution < 1.29 is 19.5 Å². The molecule has 0 aromatic rings. The van der Waals surface area contributed by atoms with E-state index in [9.17, 15) is 14.4 Å². The fourth-order valence-corrected chi connectivity index (χ4v) is 2.81. The van der Waals surface area contributed by atoms with Gasteiger partial charge in [0.2, 0.25) is 5.91 Å². The second-order valence-electron chi connectivity index (χ2n) is 5.59. The van der Waals surface area contributed by atoms with Crippen molar-refractivity contribution in [2.45, 2.75) is 44.7 Å². The van der Waals surface area contributed by atoms with Gasteiger partial charge in [0.25, 0.3) is 0 Å². The molecule has 7 heteroatoms. The minimum Gasteiger partial charge on any atom is -0.481 e. The molecule has 0 bridgehead atoms. The van der Waals surface area contributed by atoms with Crippen LogP contribution in [0, 0.1) is 5.92 Å². The van der Waals surface area contributed by atoms with Crippen LogP contribution in [0.1, 0.15) is 32.6 Å². The van der Waals surface area contributed by atoms with Crippen LogP contribution in [0.4, 0.5) is 4.79 Å². The van der Waals surface area contributed by atoms with Gasteiger partial charge in [0.05, 0.1) is 5.92 Å². The van der Waals surface area contributed by atoms with E-state index in [0.717, 1.165) is 0 Å². The maximum atomic E-state index is 12.2. The first-order valence-corrected chi connectivity index (χ1v) is 7.04. The summed E-state index contributed by atoms with van der Waals surface area (Å²) in [6.45, 7) is 2.80. The van der Waals surface area contributed by atoms with Gasteiger partial charge in [0.15, 0.2) is 0 Å². The highest BCUT2D eigenvalue weighted by atomic mass is 16.4. The molecule has 3 atom stereocenters. The SMILES string of the molecule is CC1CC(C(=O)O)CCN1C(=O)NC1CCC(=O)NC1. The van der Waals surface area contributed by atoms with E-state index in [-0.39, 0.29) is 29.9 Å². The third-order valence-electron chi connectivity index (χ3n) is 4.08. The van der Waals surface area contributed by atoms with Crippen LogP contribution in [0.3, 0.4) is 0 Å². The highest BCUT2D eigenvalue weighted by molar-refractivity contribution is 5.78. The molecule has 0 spiro atoms. The molecule has 3 unspecified atom stereocenters. The number of likely N-dealkylation sites (tertiary alicyclic amines) is 1. The van der Waals surface area contributed by atoms with Gasteiger partial charge in [0, 0.05) is 31.6 Å². The number of carbonyl (C=O) groups excluding carboxylic acids is 2. The highest BCUT2D eigenvalue weighted by Crippen LogP contribution is 2.23. The van der Waals surface area contributed by atoms with Gasteiger partial charge >= 0.3 is 12.0 Å². The van der Waals surface area contributed by atoms with Crippen molar-refractivity contribution in [1.82, 2.24) is 15.5 Å². The zero-order chi connectivity index (χ0) is 14.7. The van der Waals surface area contributed by atoms with Gasteiger partial charge < -0.3 is 20.6 Å². The zero-order valence-corrected chi connectivity index (χ0v) is 11.6. The molecule has 112 valence electrons. The number of carboxylic acids is 1. The monoisotopic (exact) mass is 283 g/mol. The number of carboxylic acid groups (broad SMARTS) is 1. The Bertz CT molecular complexity index is 402.